The number of hydrogen-bond donors (Lipinski definition) is 1. The summed E-state index contributed by atoms with van der Waals surface area (Å²) in [5, 5.41) is 10.4. The van der Waals surface area contributed by atoms with Crippen molar-refractivity contribution in [3.63, 3.8) is 0 Å². The minimum Gasteiger partial charge on any atom is -0.386 e. The highest BCUT2D eigenvalue weighted by Crippen LogP contribution is 2.22. The average molecular weight is 298 g/mol. The van der Waals surface area contributed by atoms with E-state index in [2.05, 4.69) is 23.7 Å². The highest BCUT2D eigenvalue weighted by molar-refractivity contribution is 5.08. The Morgan fingerprint density at radius 1 is 1.38 bits per heavy atom. The number of pyridine rings is 1. The van der Waals surface area contributed by atoms with Gasteiger partial charge in [0.1, 0.15) is 5.82 Å². The topological polar surface area (TPSA) is 45.6 Å². The summed E-state index contributed by atoms with van der Waals surface area (Å²) in [6.07, 6.45) is 1.49. The van der Waals surface area contributed by atoms with Crippen LogP contribution in [0.5, 0.6) is 0 Å². The van der Waals surface area contributed by atoms with E-state index in [1.165, 1.54) is 6.07 Å². The van der Waals surface area contributed by atoms with Crippen molar-refractivity contribution in [1.82, 2.24) is 9.88 Å². The molecular weight excluding hydrogens is 271 g/mol. The van der Waals surface area contributed by atoms with Crippen molar-refractivity contribution >= 4 is 0 Å². The normalized spacial score (nSPS) is 16.0. The van der Waals surface area contributed by atoms with Gasteiger partial charge in [-0.3, -0.25) is 9.88 Å². The van der Waals surface area contributed by atoms with E-state index in [9.17, 15) is 9.50 Å². The molecule has 0 aliphatic carbocycles. The lowest BCUT2D eigenvalue weighted by Crippen LogP contribution is -2.39. The standard InChI is InChI=1S/C16H27FN2O2/c1-5-13(3)19(8-9-21-4)11-12(2)16(20)15-7-6-14(17)10-18-15/h6-7,10,12-13,16,20H,5,8-9,11H2,1-4H3. The third-order valence-corrected chi connectivity index (χ3v) is 3.91. The fourth-order valence-electron chi connectivity index (χ4n) is 2.28. The smallest absolute Gasteiger partial charge is 0.141 e. The number of aromatic nitrogens is 1. The van der Waals surface area contributed by atoms with Crippen LogP contribution in [0.15, 0.2) is 18.3 Å². The van der Waals surface area contributed by atoms with Crippen LogP contribution in [0.3, 0.4) is 0 Å². The Balaban J connectivity index is 2.66. The summed E-state index contributed by atoms with van der Waals surface area (Å²) < 4.78 is 18.0. The molecule has 21 heavy (non-hydrogen) atoms. The van der Waals surface area contributed by atoms with Crippen molar-refractivity contribution in [3.8, 4) is 0 Å². The third-order valence-electron chi connectivity index (χ3n) is 3.91. The summed E-state index contributed by atoms with van der Waals surface area (Å²) >= 11 is 0. The second kappa shape index (κ2) is 9.07. The first-order valence-electron chi connectivity index (χ1n) is 7.52. The molecular formula is C16H27FN2O2. The van der Waals surface area contributed by atoms with Gasteiger partial charge in [0.2, 0.25) is 0 Å². The van der Waals surface area contributed by atoms with E-state index >= 15 is 0 Å². The summed E-state index contributed by atoms with van der Waals surface area (Å²) in [4.78, 5) is 6.27. The first-order valence-corrected chi connectivity index (χ1v) is 7.52. The number of nitrogens with zero attached hydrogens (tertiary/aromatic N) is 2. The van der Waals surface area contributed by atoms with E-state index in [1.807, 2.05) is 6.92 Å². The number of ether oxygens (including phenoxy) is 1. The fourth-order valence-corrected chi connectivity index (χ4v) is 2.28. The minimum atomic E-state index is -0.695. The molecule has 0 aliphatic heterocycles. The first-order chi connectivity index (χ1) is 9.99. The number of methoxy groups -OCH3 is 1. The van der Waals surface area contributed by atoms with Gasteiger partial charge < -0.3 is 9.84 Å². The van der Waals surface area contributed by atoms with E-state index in [4.69, 9.17) is 4.74 Å². The molecule has 0 amide bonds. The van der Waals surface area contributed by atoms with Gasteiger partial charge in [0.25, 0.3) is 0 Å². The number of halogens is 1. The molecule has 120 valence electrons. The van der Waals surface area contributed by atoms with Gasteiger partial charge in [-0.25, -0.2) is 4.39 Å². The van der Waals surface area contributed by atoms with Crippen LogP contribution in [0.4, 0.5) is 4.39 Å². The van der Waals surface area contributed by atoms with Crippen LogP contribution in [0.25, 0.3) is 0 Å². The Morgan fingerprint density at radius 2 is 2.10 bits per heavy atom. The maximum Gasteiger partial charge on any atom is 0.141 e. The predicted molar refractivity (Wildman–Crippen MR) is 81.5 cm³/mol. The lowest BCUT2D eigenvalue weighted by atomic mass is 9.99. The van der Waals surface area contributed by atoms with Gasteiger partial charge in [-0.05, 0) is 25.5 Å². The average Bonchev–Trinajstić information content (AvgIpc) is 2.50. The Bertz CT molecular complexity index is 400. The second-order valence-corrected chi connectivity index (χ2v) is 5.57. The third kappa shape index (κ3) is 5.69. The SMILES string of the molecule is CCC(C)N(CCOC)CC(C)C(O)c1ccc(F)cn1. The molecule has 1 aromatic rings. The summed E-state index contributed by atoms with van der Waals surface area (Å²) in [6, 6.07) is 3.30. The van der Waals surface area contributed by atoms with Crippen molar-refractivity contribution in [2.24, 2.45) is 5.92 Å². The molecule has 0 bridgehead atoms. The van der Waals surface area contributed by atoms with Gasteiger partial charge in [-0.1, -0.05) is 13.8 Å². The Kier molecular flexibility index (Phi) is 7.78. The molecule has 0 aliphatic rings. The monoisotopic (exact) mass is 298 g/mol. The zero-order chi connectivity index (χ0) is 15.8. The van der Waals surface area contributed by atoms with E-state index in [1.54, 1.807) is 13.2 Å². The molecule has 5 heteroatoms. The van der Waals surface area contributed by atoms with E-state index in [0.717, 1.165) is 25.7 Å². The van der Waals surface area contributed by atoms with Crippen molar-refractivity contribution in [1.29, 1.82) is 0 Å². The van der Waals surface area contributed by atoms with Gasteiger partial charge >= 0.3 is 0 Å². The van der Waals surface area contributed by atoms with Crippen molar-refractivity contribution in [2.75, 3.05) is 26.8 Å². The lowest BCUT2D eigenvalue weighted by Gasteiger charge is -2.32. The largest absolute Gasteiger partial charge is 0.386 e. The highest BCUT2D eigenvalue weighted by Gasteiger charge is 2.22. The van der Waals surface area contributed by atoms with Gasteiger partial charge in [-0.2, -0.15) is 0 Å². The summed E-state index contributed by atoms with van der Waals surface area (Å²) in [7, 11) is 1.69. The molecule has 0 fully saturated rings. The van der Waals surface area contributed by atoms with Crippen LogP contribution in [0.2, 0.25) is 0 Å². The fraction of sp³-hybridized carbons (Fsp3) is 0.688. The van der Waals surface area contributed by atoms with Crippen molar-refractivity contribution in [2.45, 2.75) is 39.3 Å². The quantitative estimate of drug-likeness (QED) is 0.761. The molecule has 1 aromatic heterocycles. The van der Waals surface area contributed by atoms with Gasteiger partial charge in [0, 0.05) is 32.2 Å². The Morgan fingerprint density at radius 3 is 2.62 bits per heavy atom. The number of aliphatic hydroxyl groups is 1. The molecule has 3 unspecified atom stereocenters. The number of hydrogen-bond acceptors (Lipinski definition) is 4. The molecule has 0 radical (unpaired) electrons. The Hall–Kier alpha value is -1.04. The predicted octanol–water partition coefficient (Wildman–Crippen LogP) is 2.64. The molecule has 1 heterocycles. The summed E-state index contributed by atoms with van der Waals surface area (Å²) in [5.41, 5.74) is 0.514. The molecule has 1 rings (SSSR count). The molecule has 0 aromatic carbocycles. The zero-order valence-corrected chi connectivity index (χ0v) is 13.4. The maximum absolute atomic E-state index is 12.9. The molecule has 0 saturated carbocycles. The van der Waals surface area contributed by atoms with E-state index < -0.39 is 6.10 Å². The number of rotatable bonds is 9. The first kappa shape index (κ1) is 18.0. The second-order valence-electron chi connectivity index (χ2n) is 5.57. The Labute approximate surface area is 126 Å². The summed E-state index contributed by atoms with van der Waals surface area (Å²) in [5.74, 6) is -0.381. The maximum atomic E-state index is 12.9. The van der Waals surface area contributed by atoms with Crippen LogP contribution < -0.4 is 0 Å². The van der Waals surface area contributed by atoms with Crippen molar-refractivity contribution in [3.05, 3.63) is 29.8 Å². The molecule has 3 atom stereocenters. The lowest BCUT2D eigenvalue weighted by molar-refractivity contribution is 0.0581. The van der Waals surface area contributed by atoms with Crippen LogP contribution in [-0.4, -0.2) is 47.8 Å². The van der Waals surface area contributed by atoms with E-state index in [0.29, 0.717) is 18.3 Å². The molecule has 0 spiro atoms. The summed E-state index contributed by atoms with van der Waals surface area (Å²) in [6.45, 7) is 8.55. The van der Waals surface area contributed by atoms with Gasteiger partial charge in [-0.15, -0.1) is 0 Å². The minimum absolute atomic E-state index is 0.00816. The van der Waals surface area contributed by atoms with Crippen LogP contribution in [-0.2, 0) is 4.74 Å². The zero-order valence-electron chi connectivity index (χ0n) is 13.4. The highest BCUT2D eigenvalue weighted by atomic mass is 19.1. The van der Waals surface area contributed by atoms with Crippen LogP contribution >= 0.6 is 0 Å². The molecule has 0 saturated heterocycles. The molecule has 1 N–H and O–H groups in total. The van der Waals surface area contributed by atoms with Gasteiger partial charge in [0.15, 0.2) is 0 Å². The molecule has 4 nitrogen and oxygen atoms in total. The van der Waals surface area contributed by atoms with Crippen molar-refractivity contribution < 1.29 is 14.2 Å². The van der Waals surface area contributed by atoms with Crippen LogP contribution in [0, 0.1) is 11.7 Å². The van der Waals surface area contributed by atoms with Gasteiger partial charge in [0.05, 0.1) is 24.6 Å². The van der Waals surface area contributed by atoms with Crippen LogP contribution in [0.1, 0.15) is 39.0 Å². The number of aliphatic hydroxyl groups excluding tert-OH is 1. The van der Waals surface area contributed by atoms with E-state index in [-0.39, 0.29) is 11.7 Å².